The van der Waals surface area contributed by atoms with Crippen LogP contribution in [0, 0.1) is 6.92 Å². The van der Waals surface area contributed by atoms with E-state index in [4.69, 9.17) is 19.9 Å². The number of ether oxygens (including phenoxy) is 3. The van der Waals surface area contributed by atoms with E-state index < -0.39 is 0 Å². The molecule has 6 heteroatoms. The van der Waals surface area contributed by atoms with Crippen molar-refractivity contribution >= 4 is 5.96 Å². The van der Waals surface area contributed by atoms with E-state index in [1.54, 1.807) is 7.11 Å². The summed E-state index contributed by atoms with van der Waals surface area (Å²) in [6.45, 7) is 6.90. The number of methoxy groups -OCH3 is 1. The van der Waals surface area contributed by atoms with Crippen molar-refractivity contribution in [1.29, 1.82) is 0 Å². The fourth-order valence-corrected chi connectivity index (χ4v) is 2.37. The van der Waals surface area contributed by atoms with Gasteiger partial charge < -0.3 is 24.8 Å². The van der Waals surface area contributed by atoms with Crippen LogP contribution < -0.4 is 10.5 Å². The molecule has 0 bridgehead atoms. The third-order valence-corrected chi connectivity index (χ3v) is 3.72. The highest BCUT2D eigenvalue weighted by molar-refractivity contribution is 5.78. The van der Waals surface area contributed by atoms with Gasteiger partial charge in [-0.1, -0.05) is 12.1 Å². The molecule has 1 saturated heterocycles. The maximum absolute atomic E-state index is 6.08. The number of aryl methyl sites for hydroxylation is 1. The number of rotatable bonds is 7. The van der Waals surface area contributed by atoms with Gasteiger partial charge in [-0.05, 0) is 18.6 Å². The van der Waals surface area contributed by atoms with Crippen LogP contribution in [0.5, 0.6) is 5.75 Å². The molecule has 1 heterocycles. The molecular formula is C17H27N3O3. The molecule has 1 aromatic carbocycles. The van der Waals surface area contributed by atoms with Crippen LogP contribution in [0.2, 0.25) is 0 Å². The highest BCUT2D eigenvalue weighted by atomic mass is 16.5. The predicted octanol–water partition coefficient (Wildman–Crippen LogP) is 1.56. The first-order valence-corrected chi connectivity index (χ1v) is 8.04. The molecule has 1 aliphatic rings. The van der Waals surface area contributed by atoms with Crippen LogP contribution in [-0.4, -0.2) is 57.5 Å². The molecule has 0 unspecified atom stereocenters. The molecule has 0 aliphatic carbocycles. The van der Waals surface area contributed by atoms with Gasteiger partial charge in [0.25, 0.3) is 0 Å². The Hall–Kier alpha value is -1.79. The van der Waals surface area contributed by atoms with Crippen molar-refractivity contribution in [1.82, 2.24) is 4.90 Å². The van der Waals surface area contributed by atoms with Crippen molar-refractivity contribution < 1.29 is 14.2 Å². The Balaban J connectivity index is 1.97. The lowest BCUT2D eigenvalue weighted by molar-refractivity contribution is 0.0674. The maximum Gasteiger partial charge on any atom is 0.191 e. The van der Waals surface area contributed by atoms with E-state index >= 15 is 0 Å². The minimum Gasteiger partial charge on any atom is -0.493 e. The van der Waals surface area contributed by atoms with Crippen LogP contribution in [0.3, 0.4) is 0 Å². The average molecular weight is 321 g/mol. The molecule has 0 amide bonds. The van der Waals surface area contributed by atoms with Gasteiger partial charge in [0, 0.05) is 38.8 Å². The summed E-state index contributed by atoms with van der Waals surface area (Å²) >= 11 is 0. The van der Waals surface area contributed by atoms with Gasteiger partial charge in [-0.15, -0.1) is 0 Å². The monoisotopic (exact) mass is 321 g/mol. The zero-order valence-electron chi connectivity index (χ0n) is 14.1. The van der Waals surface area contributed by atoms with E-state index in [9.17, 15) is 0 Å². The van der Waals surface area contributed by atoms with E-state index in [2.05, 4.69) is 28.9 Å². The first-order chi connectivity index (χ1) is 11.2. The third-order valence-electron chi connectivity index (χ3n) is 3.72. The summed E-state index contributed by atoms with van der Waals surface area (Å²) in [7, 11) is 1.70. The van der Waals surface area contributed by atoms with E-state index in [0.29, 0.717) is 38.9 Å². The van der Waals surface area contributed by atoms with Gasteiger partial charge in [0.1, 0.15) is 5.75 Å². The lowest BCUT2D eigenvalue weighted by Gasteiger charge is -2.27. The summed E-state index contributed by atoms with van der Waals surface area (Å²) in [5.74, 6) is 1.44. The summed E-state index contributed by atoms with van der Waals surface area (Å²) in [5, 5.41) is 0. The number of aliphatic imine (C=N–C) groups is 1. The smallest absolute Gasteiger partial charge is 0.191 e. The number of hydrogen-bond acceptors (Lipinski definition) is 4. The molecule has 1 aromatic rings. The van der Waals surface area contributed by atoms with Crippen molar-refractivity contribution in [2.75, 3.05) is 46.6 Å². The Labute approximate surface area is 138 Å². The molecule has 0 atom stereocenters. The first-order valence-electron chi connectivity index (χ1n) is 8.04. The Morgan fingerprint density at radius 2 is 2.09 bits per heavy atom. The van der Waals surface area contributed by atoms with E-state index in [-0.39, 0.29) is 0 Å². The van der Waals surface area contributed by atoms with Crippen molar-refractivity contribution in [3.63, 3.8) is 0 Å². The van der Waals surface area contributed by atoms with Gasteiger partial charge in [-0.25, -0.2) is 4.99 Å². The normalized spacial score (nSPS) is 15.7. The quantitative estimate of drug-likeness (QED) is 0.469. The largest absolute Gasteiger partial charge is 0.493 e. The zero-order chi connectivity index (χ0) is 16.5. The van der Waals surface area contributed by atoms with Gasteiger partial charge in [-0.3, -0.25) is 0 Å². The summed E-state index contributed by atoms with van der Waals surface area (Å²) in [5.41, 5.74) is 8.29. The van der Waals surface area contributed by atoms with Crippen molar-refractivity contribution in [3.8, 4) is 5.75 Å². The molecule has 1 fully saturated rings. The van der Waals surface area contributed by atoms with Crippen LogP contribution in [0.1, 0.15) is 17.5 Å². The second-order valence-corrected chi connectivity index (χ2v) is 5.58. The highest BCUT2D eigenvalue weighted by Gasteiger charge is 2.12. The molecule has 0 saturated carbocycles. The number of hydrogen-bond donors (Lipinski definition) is 1. The summed E-state index contributed by atoms with van der Waals surface area (Å²) in [4.78, 5) is 6.57. The van der Waals surface area contributed by atoms with Gasteiger partial charge in [-0.2, -0.15) is 0 Å². The highest BCUT2D eigenvalue weighted by Crippen LogP contribution is 2.21. The van der Waals surface area contributed by atoms with Gasteiger partial charge in [0.05, 0.1) is 26.4 Å². The summed E-state index contributed by atoms with van der Waals surface area (Å²) in [6, 6.07) is 6.16. The SMILES string of the molecule is COCCCOc1cc(C)ccc1CN=C(N)N1CCOCC1. The Bertz CT molecular complexity index is 514. The molecule has 0 aromatic heterocycles. The molecule has 0 spiro atoms. The minimum absolute atomic E-state index is 0.517. The van der Waals surface area contributed by atoms with E-state index in [0.717, 1.165) is 30.8 Å². The topological polar surface area (TPSA) is 69.3 Å². The van der Waals surface area contributed by atoms with Gasteiger partial charge >= 0.3 is 0 Å². The molecule has 0 radical (unpaired) electrons. The molecule has 6 nitrogen and oxygen atoms in total. The molecular weight excluding hydrogens is 294 g/mol. The summed E-state index contributed by atoms with van der Waals surface area (Å²) in [6.07, 6.45) is 0.864. The van der Waals surface area contributed by atoms with E-state index in [1.807, 2.05) is 6.07 Å². The minimum atomic E-state index is 0.517. The van der Waals surface area contributed by atoms with Crippen LogP contribution in [0.15, 0.2) is 23.2 Å². The number of guanidine groups is 1. The second kappa shape index (κ2) is 9.37. The molecule has 2 N–H and O–H groups in total. The lowest BCUT2D eigenvalue weighted by atomic mass is 10.1. The molecule has 23 heavy (non-hydrogen) atoms. The maximum atomic E-state index is 6.08. The zero-order valence-corrected chi connectivity index (χ0v) is 14.1. The lowest BCUT2D eigenvalue weighted by Crippen LogP contribution is -2.44. The van der Waals surface area contributed by atoms with Crippen LogP contribution >= 0.6 is 0 Å². The van der Waals surface area contributed by atoms with Crippen LogP contribution in [0.4, 0.5) is 0 Å². The average Bonchev–Trinajstić information content (AvgIpc) is 2.58. The van der Waals surface area contributed by atoms with Gasteiger partial charge in [0.15, 0.2) is 5.96 Å². The number of benzene rings is 1. The number of nitrogens with two attached hydrogens (primary N) is 1. The molecule has 2 rings (SSSR count). The predicted molar refractivity (Wildman–Crippen MR) is 90.9 cm³/mol. The van der Waals surface area contributed by atoms with Crippen molar-refractivity contribution in [3.05, 3.63) is 29.3 Å². The Morgan fingerprint density at radius 3 is 2.83 bits per heavy atom. The van der Waals surface area contributed by atoms with Crippen LogP contribution in [0.25, 0.3) is 0 Å². The number of nitrogens with zero attached hydrogens (tertiary/aromatic N) is 2. The molecule has 1 aliphatic heterocycles. The standard InChI is InChI=1S/C17H27N3O3/c1-14-4-5-15(16(12-14)23-9-3-8-21-2)13-19-17(18)20-6-10-22-11-7-20/h4-5,12H,3,6-11,13H2,1-2H3,(H2,18,19). The fourth-order valence-electron chi connectivity index (χ4n) is 2.37. The fraction of sp³-hybridized carbons (Fsp3) is 0.588. The van der Waals surface area contributed by atoms with E-state index in [1.165, 1.54) is 5.56 Å². The molecule has 128 valence electrons. The van der Waals surface area contributed by atoms with Crippen LogP contribution in [-0.2, 0) is 16.0 Å². The number of morpholine rings is 1. The first kappa shape index (κ1) is 17.6. The van der Waals surface area contributed by atoms with Crippen molar-refractivity contribution in [2.45, 2.75) is 19.9 Å². The Kier molecular flexibility index (Phi) is 7.16. The second-order valence-electron chi connectivity index (χ2n) is 5.58. The van der Waals surface area contributed by atoms with Gasteiger partial charge in [0.2, 0.25) is 0 Å². The summed E-state index contributed by atoms with van der Waals surface area (Å²) < 4.78 is 16.2. The third kappa shape index (κ3) is 5.73. The Morgan fingerprint density at radius 1 is 1.30 bits per heavy atom. The van der Waals surface area contributed by atoms with Crippen molar-refractivity contribution in [2.24, 2.45) is 10.7 Å².